The smallest absolute Gasteiger partial charge is 0.330 e. The highest BCUT2D eigenvalue weighted by molar-refractivity contribution is 5.89. The molecule has 5 rings (SSSR count). The maximum absolute atomic E-state index is 13.0. The molecule has 2 bridgehead atoms. The quantitative estimate of drug-likeness (QED) is 0.374. The lowest BCUT2D eigenvalue weighted by Crippen LogP contribution is -2.61. The van der Waals surface area contributed by atoms with Crippen LogP contribution in [0.5, 0.6) is 0 Å². The molecule has 1 aromatic heterocycles. The number of carboxylic acid groups (broad SMARTS) is 1. The molecule has 4 aliphatic rings. The number of nitrogens with zero attached hydrogens (tertiary/aromatic N) is 3. The van der Waals surface area contributed by atoms with Gasteiger partial charge >= 0.3 is 11.7 Å². The van der Waals surface area contributed by atoms with Gasteiger partial charge in [-0.05, 0) is 7.05 Å². The normalized spacial score (nSPS) is 39.3. The van der Waals surface area contributed by atoms with Crippen molar-refractivity contribution < 1.29 is 34.4 Å². The van der Waals surface area contributed by atoms with Crippen molar-refractivity contribution in [3.05, 3.63) is 33.1 Å². The van der Waals surface area contributed by atoms with Gasteiger partial charge < -0.3 is 29.7 Å². The van der Waals surface area contributed by atoms with E-state index in [9.17, 15) is 34.5 Å². The number of carboxylic acids is 1. The van der Waals surface area contributed by atoms with Crippen molar-refractivity contribution in [3.8, 4) is 0 Å². The molecule has 0 spiro atoms. The molecule has 164 valence electrons. The average Bonchev–Trinajstić information content (AvgIpc) is 2.85. The first kappa shape index (κ1) is 20.7. The molecule has 4 saturated heterocycles. The Hall–Kier alpha value is -2.58. The van der Waals surface area contributed by atoms with E-state index in [1.807, 2.05) is 4.98 Å². The molecular formula is C17H22N4O9. The first-order chi connectivity index (χ1) is 14.1. The second-order valence-corrected chi connectivity index (χ2v) is 7.75. The highest BCUT2D eigenvalue weighted by atomic mass is 16.6. The Morgan fingerprint density at radius 1 is 1.13 bits per heavy atom. The Morgan fingerprint density at radius 2 is 1.83 bits per heavy atom. The van der Waals surface area contributed by atoms with Crippen LogP contribution in [0.15, 0.2) is 21.9 Å². The summed E-state index contributed by atoms with van der Waals surface area (Å²) in [7, 11) is 3.00. The molecule has 4 aliphatic heterocycles. The zero-order chi connectivity index (χ0) is 21.9. The Kier molecular flexibility index (Phi) is 5.02. The van der Waals surface area contributed by atoms with Crippen LogP contribution in [0.2, 0.25) is 0 Å². The number of nitrogens with one attached hydrogen (secondary N) is 1. The number of aromatic nitrogens is 2. The number of rotatable bonds is 3. The number of ether oxygens (including phenoxy) is 2. The van der Waals surface area contributed by atoms with Gasteiger partial charge in [0.25, 0.3) is 5.56 Å². The number of H-pyrrole nitrogens is 1. The van der Waals surface area contributed by atoms with Crippen molar-refractivity contribution >= 4 is 11.9 Å². The van der Waals surface area contributed by atoms with Gasteiger partial charge in [0.05, 0.1) is 0 Å². The van der Waals surface area contributed by atoms with Gasteiger partial charge in [0, 0.05) is 25.9 Å². The van der Waals surface area contributed by atoms with Gasteiger partial charge in [0.2, 0.25) is 5.91 Å². The minimum Gasteiger partial charge on any atom is -0.480 e. The number of morpholine rings is 1. The van der Waals surface area contributed by atoms with Gasteiger partial charge in [0.1, 0.15) is 36.6 Å². The standard InChI is InChI=1S/C17H22N4O9/c1-19-5-6-8(16(26)27)20(2)14(25)9(19)12(29-6)13-10(23)11(24)15(30-13)21-4-3-7(22)18-17(21)28/h3-4,6,8-13,15,23-24H,5H2,1-2H3,(H,26,27)(H,18,22,28)/t6-,8-,9+,10+,11-,12+,13+,15-/m1/s1. The number of aliphatic carboxylic acids is 1. The summed E-state index contributed by atoms with van der Waals surface area (Å²) in [6.45, 7) is 0.169. The molecule has 13 heteroatoms. The van der Waals surface area contributed by atoms with E-state index in [1.165, 1.54) is 7.05 Å². The Balaban J connectivity index is 1.68. The first-order valence-electron chi connectivity index (χ1n) is 9.30. The van der Waals surface area contributed by atoms with Crippen molar-refractivity contribution in [2.75, 3.05) is 20.6 Å². The van der Waals surface area contributed by atoms with Gasteiger partial charge in [-0.1, -0.05) is 0 Å². The first-order valence-corrected chi connectivity index (χ1v) is 9.30. The largest absolute Gasteiger partial charge is 0.480 e. The summed E-state index contributed by atoms with van der Waals surface area (Å²) in [4.78, 5) is 52.8. The van der Waals surface area contributed by atoms with E-state index < -0.39 is 72.0 Å². The fourth-order valence-electron chi connectivity index (χ4n) is 4.46. The van der Waals surface area contributed by atoms with Crippen molar-refractivity contribution in [1.82, 2.24) is 19.4 Å². The van der Waals surface area contributed by atoms with Crippen molar-refractivity contribution in [2.45, 2.75) is 48.8 Å². The number of carbonyl (C=O) groups is 2. The zero-order valence-corrected chi connectivity index (χ0v) is 16.1. The number of aliphatic hydroxyl groups is 2. The predicted molar refractivity (Wildman–Crippen MR) is 96.5 cm³/mol. The van der Waals surface area contributed by atoms with E-state index >= 15 is 0 Å². The molecular weight excluding hydrogens is 404 g/mol. The van der Waals surface area contributed by atoms with E-state index in [2.05, 4.69) is 0 Å². The summed E-state index contributed by atoms with van der Waals surface area (Å²) in [5, 5.41) is 30.7. The van der Waals surface area contributed by atoms with Crippen LogP contribution in [0.4, 0.5) is 0 Å². The van der Waals surface area contributed by atoms with Crippen LogP contribution in [0, 0.1) is 0 Å². The van der Waals surface area contributed by atoms with Gasteiger partial charge in [-0.3, -0.25) is 24.0 Å². The number of aromatic amines is 1. The molecule has 1 amide bonds. The van der Waals surface area contributed by atoms with Crippen molar-refractivity contribution in [2.24, 2.45) is 0 Å². The second-order valence-electron chi connectivity index (χ2n) is 7.75. The topological polar surface area (TPSA) is 175 Å². The van der Waals surface area contributed by atoms with Gasteiger partial charge in [-0.2, -0.15) is 0 Å². The van der Waals surface area contributed by atoms with Crippen LogP contribution in [-0.4, -0.2) is 110 Å². The van der Waals surface area contributed by atoms with Crippen LogP contribution in [0.1, 0.15) is 6.23 Å². The maximum atomic E-state index is 13.0. The summed E-state index contributed by atoms with van der Waals surface area (Å²) >= 11 is 0. The third-order valence-corrected chi connectivity index (χ3v) is 5.93. The van der Waals surface area contributed by atoms with Crippen LogP contribution < -0.4 is 11.2 Å². The molecule has 0 saturated carbocycles. The van der Waals surface area contributed by atoms with E-state index in [-0.39, 0.29) is 6.54 Å². The summed E-state index contributed by atoms with van der Waals surface area (Å²) in [5.74, 6) is -1.75. The number of amides is 1. The fraction of sp³-hybridized carbons (Fsp3) is 0.647. The molecule has 1 aromatic rings. The van der Waals surface area contributed by atoms with Crippen LogP contribution in [-0.2, 0) is 19.1 Å². The van der Waals surface area contributed by atoms with Gasteiger partial charge in [0.15, 0.2) is 12.3 Å². The number of aliphatic hydroxyl groups excluding tert-OH is 2. The lowest BCUT2D eigenvalue weighted by molar-refractivity contribution is -0.183. The van der Waals surface area contributed by atoms with E-state index in [1.54, 1.807) is 11.9 Å². The number of fused-ring (bicyclic) bond motifs is 4. The van der Waals surface area contributed by atoms with E-state index in [4.69, 9.17) is 9.47 Å². The highest BCUT2D eigenvalue weighted by Gasteiger charge is 2.58. The Bertz CT molecular complexity index is 976. The molecule has 0 aromatic carbocycles. The molecule has 13 nitrogen and oxygen atoms in total. The van der Waals surface area contributed by atoms with Crippen LogP contribution in [0.25, 0.3) is 0 Å². The van der Waals surface area contributed by atoms with Crippen molar-refractivity contribution in [3.63, 3.8) is 0 Å². The molecule has 0 aliphatic carbocycles. The summed E-state index contributed by atoms with van der Waals surface area (Å²) < 4.78 is 12.6. The highest BCUT2D eigenvalue weighted by Crippen LogP contribution is 2.37. The Labute approximate surface area is 169 Å². The molecule has 4 N–H and O–H groups in total. The van der Waals surface area contributed by atoms with E-state index in [0.29, 0.717) is 0 Å². The minimum absolute atomic E-state index is 0.169. The molecule has 8 atom stereocenters. The molecule has 0 unspecified atom stereocenters. The van der Waals surface area contributed by atoms with Gasteiger partial charge in [-0.25, -0.2) is 9.59 Å². The predicted octanol–water partition coefficient (Wildman–Crippen LogP) is -3.85. The third-order valence-electron chi connectivity index (χ3n) is 5.93. The number of hydrogen-bond acceptors (Lipinski definition) is 9. The number of hydrogen-bond donors (Lipinski definition) is 4. The maximum Gasteiger partial charge on any atom is 0.330 e. The molecule has 30 heavy (non-hydrogen) atoms. The van der Waals surface area contributed by atoms with Crippen LogP contribution in [0.3, 0.4) is 0 Å². The zero-order valence-electron chi connectivity index (χ0n) is 16.1. The van der Waals surface area contributed by atoms with Crippen LogP contribution >= 0.6 is 0 Å². The number of carbonyl (C=O) groups excluding carboxylic acids is 1. The lowest BCUT2D eigenvalue weighted by atomic mass is 9.96. The Morgan fingerprint density at radius 3 is 2.47 bits per heavy atom. The average molecular weight is 426 g/mol. The SMILES string of the molecule is CN1C[C@H]2O[C@H]([C@H]3O[C@@H](n4ccc(=O)[nH]c4=O)[C@H](O)[C@@H]3O)[C@H]1C(=O)N(C)[C@H]2C(=O)O. The third kappa shape index (κ3) is 3.06. The summed E-state index contributed by atoms with van der Waals surface area (Å²) in [5.41, 5.74) is -1.48. The van der Waals surface area contributed by atoms with Gasteiger partial charge in [-0.15, -0.1) is 0 Å². The lowest BCUT2D eigenvalue weighted by Gasteiger charge is -2.41. The monoisotopic (exact) mass is 426 g/mol. The minimum atomic E-state index is -1.56. The molecule has 5 heterocycles. The fourth-order valence-corrected chi connectivity index (χ4v) is 4.46. The second kappa shape index (κ2) is 7.28. The van der Waals surface area contributed by atoms with Crippen molar-refractivity contribution in [1.29, 1.82) is 0 Å². The van der Waals surface area contributed by atoms with E-state index in [0.717, 1.165) is 21.7 Å². The number of likely N-dealkylation sites (N-methyl/N-ethyl adjacent to an activating group) is 2. The summed E-state index contributed by atoms with van der Waals surface area (Å²) in [6, 6.07) is -1.13. The molecule has 0 radical (unpaired) electrons. The summed E-state index contributed by atoms with van der Waals surface area (Å²) in [6.07, 6.45) is -6.54. The molecule has 4 fully saturated rings.